The second kappa shape index (κ2) is 6.08. The average molecular weight is 151 g/mol. The molecule has 0 saturated carbocycles. The van der Waals surface area contributed by atoms with Gasteiger partial charge in [0, 0.05) is 11.5 Å². The highest BCUT2D eigenvalue weighted by molar-refractivity contribution is 8.01. The second-order valence-electron chi connectivity index (χ2n) is 1.40. The molecule has 0 aromatic heterocycles. The van der Waals surface area contributed by atoms with Gasteiger partial charge < -0.3 is 0 Å². The molecule has 0 aliphatic carbocycles. The van der Waals surface area contributed by atoms with Gasteiger partial charge in [-0.3, -0.25) is 0 Å². The maximum absolute atomic E-state index is 11.3. The zero-order valence-corrected chi connectivity index (χ0v) is 6.05. The molecule has 0 aromatic rings. The Bertz CT molecular complexity index is 87.1. The van der Waals surface area contributed by atoms with E-state index in [1.165, 1.54) is 11.8 Å². The lowest BCUT2D eigenvalue weighted by Gasteiger charge is -1.89. The second-order valence-corrected chi connectivity index (χ2v) is 2.40. The Labute approximate surface area is 58.3 Å². The first-order valence-electron chi connectivity index (χ1n) is 2.71. The van der Waals surface area contributed by atoms with Crippen molar-refractivity contribution in [1.29, 1.82) is 0 Å². The minimum absolute atomic E-state index is 0.385. The summed E-state index contributed by atoms with van der Waals surface area (Å²) < 4.78 is 22.6. The van der Waals surface area contributed by atoms with E-state index in [2.05, 4.69) is 0 Å². The predicted molar refractivity (Wildman–Crippen MR) is 37.3 cm³/mol. The molecule has 0 nitrogen and oxygen atoms in total. The Kier molecular flexibility index (Phi) is 6.04. The topological polar surface area (TPSA) is 0 Å². The summed E-state index contributed by atoms with van der Waals surface area (Å²) in [5.41, 5.74) is 0. The van der Waals surface area contributed by atoms with Crippen LogP contribution in [0.3, 0.4) is 0 Å². The standard InChI is InChI=1S/C6H9F2S/c1-2-4-9-5-3-6(7)8/h3-4H,2,5H2,1H3. The largest absolute Gasteiger partial charge is 0.267 e. The normalized spacial score (nSPS) is 9.22. The van der Waals surface area contributed by atoms with Gasteiger partial charge in [0.2, 0.25) is 0 Å². The minimum Gasteiger partial charge on any atom is -0.174 e. The first-order chi connectivity index (χ1) is 4.27. The molecule has 0 aromatic carbocycles. The number of hydrogen-bond acceptors (Lipinski definition) is 1. The minimum atomic E-state index is -1.59. The molecule has 0 saturated heterocycles. The van der Waals surface area contributed by atoms with Gasteiger partial charge in [-0.25, -0.2) is 0 Å². The molecule has 0 heterocycles. The van der Waals surface area contributed by atoms with Crippen LogP contribution in [0.15, 0.2) is 12.2 Å². The lowest BCUT2D eigenvalue weighted by molar-refractivity contribution is 0.420. The van der Waals surface area contributed by atoms with Crippen molar-refractivity contribution in [2.24, 2.45) is 0 Å². The van der Waals surface area contributed by atoms with Crippen LogP contribution >= 0.6 is 11.8 Å². The van der Waals surface area contributed by atoms with Crippen LogP contribution in [-0.2, 0) is 0 Å². The maximum atomic E-state index is 11.3. The lowest BCUT2D eigenvalue weighted by atomic mass is 10.6. The summed E-state index contributed by atoms with van der Waals surface area (Å²) in [5, 5.41) is 0. The van der Waals surface area contributed by atoms with E-state index >= 15 is 0 Å². The fourth-order valence-corrected chi connectivity index (χ4v) is 0.891. The Hall–Kier alpha value is -0.0500. The van der Waals surface area contributed by atoms with Crippen molar-refractivity contribution < 1.29 is 8.78 Å². The highest BCUT2D eigenvalue weighted by Crippen LogP contribution is 2.09. The third-order valence-corrected chi connectivity index (χ3v) is 1.55. The Morgan fingerprint density at radius 1 is 1.56 bits per heavy atom. The van der Waals surface area contributed by atoms with E-state index in [0.29, 0.717) is 5.75 Å². The molecular formula is C6H9F2S. The summed E-state index contributed by atoms with van der Waals surface area (Å²) in [7, 11) is 0. The van der Waals surface area contributed by atoms with Crippen LogP contribution in [0.2, 0.25) is 0 Å². The van der Waals surface area contributed by atoms with E-state index < -0.39 is 6.08 Å². The maximum Gasteiger partial charge on any atom is 0.267 e. The van der Waals surface area contributed by atoms with Crippen molar-refractivity contribution in [3.8, 4) is 0 Å². The summed E-state index contributed by atoms with van der Waals surface area (Å²) in [6.07, 6.45) is 0.246. The molecule has 0 fully saturated rings. The highest BCUT2D eigenvalue weighted by Gasteiger charge is 1.87. The number of halogens is 2. The van der Waals surface area contributed by atoms with Gasteiger partial charge in [-0.15, -0.1) is 0 Å². The zero-order chi connectivity index (χ0) is 7.11. The number of hydrogen-bond donors (Lipinski definition) is 0. The van der Waals surface area contributed by atoms with Crippen molar-refractivity contribution in [3.05, 3.63) is 17.9 Å². The molecule has 1 radical (unpaired) electrons. The number of rotatable bonds is 4. The van der Waals surface area contributed by atoms with Crippen LogP contribution in [0, 0.1) is 5.75 Å². The van der Waals surface area contributed by atoms with Crippen LogP contribution < -0.4 is 0 Å². The van der Waals surface area contributed by atoms with Crippen molar-refractivity contribution in [2.75, 3.05) is 5.75 Å². The molecule has 0 rings (SSSR count). The molecule has 53 valence electrons. The van der Waals surface area contributed by atoms with E-state index in [1.54, 1.807) is 0 Å². The zero-order valence-electron chi connectivity index (χ0n) is 5.23. The van der Waals surface area contributed by atoms with E-state index in [9.17, 15) is 8.78 Å². The molecule has 0 N–H and O–H groups in total. The Morgan fingerprint density at radius 3 is 2.67 bits per heavy atom. The first-order valence-corrected chi connectivity index (χ1v) is 3.76. The van der Waals surface area contributed by atoms with Crippen LogP contribution in [0.1, 0.15) is 13.3 Å². The Morgan fingerprint density at radius 2 is 2.22 bits per heavy atom. The van der Waals surface area contributed by atoms with Gasteiger partial charge in [-0.1, -0.05) is 6.92 Å². The molecule has 3 heteroatoms. The molecule has 0 aliphatic heterocycles. The van der Waals surface area contributed by atoms with Crippen LogP contribution in [0.5, 0.6) is 0 Å². The average Bonchev–Trinajstić information content (AvgIpc) is 1.80. The van der Waals surface area contributed by atoms with Gasteiger partial charge in [0.05, 0.1) is 0 Å². The van der Waals surface area contributed by atoms with E-state index in [1.807, 2.05) is 12.7 Å². The molecule has 0 spiro atoms. The SMILES string of the molecule is CC[CH]SCC=C(F)F. The lowest BCUT2D eigenvalue weighted by Crippen LogP contribution is -1.70. The van der Waals surface area contributed by atoms with E-state index in [-0.39, 0.29) is 0 Å². The van der Waals surface area contributed by atoms with Crippen molar-refractivity contribution >= 4 is 11.8 Å². The van der Waals surface area contributed by atoms with E-state index in [4.69, 9.17) is 0 Å². The molecule has 9 heavy (non-hydrogen) atoms. The van der Waals surface area contributed by atoms with Gasteiger partial charge in [-0.05, 0) is 12.5 Å². The first kappa shape index (κ1) is 8.95. The predicted octanol–water partition coefficient (Wildman–Crippen LogP) is 3.07. The van der Waals surface area contributed by atoms with Crippen molar-refractivity contribution in [1.82, 2.24) is 0 Å². The molecule has 0 atom stereocenters. The van der Waals surface area contributed by atoms with Crippen LogP contribution in [-0.4, -0.2) is 5.75 Å². The molecule has 0 amide bonds. The van der Waals surface area contributed by atoms with Gasteiger partial charge in [0.1, 0.15) is 0 Å². The Balaban J connectivity index is 3.00. The van der Waals surface area contributed by atoms with Crippen LogP contribution in [0.4, 0.5) is 8.78 Å². The van der Waals surface area contributed by atoms with Gasteiger partial charge >= 0.3 is 0 Å². The van der Waals surface area contributed by atoms with Gasteiger partial charge in [-0.2, -0.15) is 20.5 Å². The molecule has 0 bridgehead atoms. The summed E-state index contributed by atoms with van der Waals surface area (Å²) >= 11 is 1.40. The summed E-state index contributed by atoms with van der Waals surface area (Å²) in [5.74, 6) is 2.29. The summed E-state index contributed by atoms with van der Waals surface area (Å²) in [6.45, 7) is 1.97. The molecular weight excluding hydrogens is 142 g/mol. The van der Waals surface area contributed by atoms with Gasteiger partial charge in [0.15, 0.2) is 0 Å². The summed E-state index contributed by atoms with van der Waals surface area (Å²) in [6, 6.07) is 0. The van der Waals surface area contributed by atoms with Gasteiger partial charge in [0.25, 0.3) is 6.08 Å². The third kappa shape index (κ3) is 7.95. The highest BCUT2D eigenvalue weighted by atomic mass is 32.2. The third-order valence-electron chi connectivity index (χ3n) is 0.618. The molecule has 0 aliphatic rings. The van der Waals surface area contributed by atoms with Crippen molar-refractivity contribution in [3.63, 3.8) is 0 Å². The fraction of sp³-hybridized carbons (Fsp3) is 0.500. The van der Waals surface area contributed by atoms with E-state index in [0.717, 1.165) is 12.5 Å². The monoisotopic (exact) mass is 151 g/mol. The smallest absolute Gasteiger partial charge is 0.174 e. The quantitative estimate of drug-likeness (QED) is 0.556. The van der Waals surface area contributed by atoms with Crippen molar-refractivity contribution in [2.45, 2.75) is 13.3 Å². The van der Waals surface area contributed by atoms with Crippen LogP contribution in [0.25, 0.3) is 0 Å². The fourth-order valence-electron chi connectivity index (χ4n) is 0.297. The summed E-state index contributed by atoms with van der Waals surface area (Å²) in [4.78, 5) is 0. The molecule has 0 unspecified atom stereocenters. The number of thioether (sulfide) groups is 1.